The predicted octanol–water partition coefficient (Wildman–Crippen LogP) is 2.74. The molecule has 0 atom stereocenters. The lowest BCUT2D eigenvalue weighted by atomic mass is 10.2. The van der Waals surface area contributed by atoms with Crippen molar-refractivity contribution in [1.82, 2.24) is 0 Å². The monoisotopic (exact) mass is 304 g/mol. The number of esters is 1. The Kier molecular flexibility index (Phi) is 4.59. The lowest BCUT2D eigenvalue weighted by Gasteiger charge is -2.06. The minimum Gasteiger partial charge on any atom is -0.451 e. The van der Waals surface area contributed by atoms with Crippen molar-refractivity contribution < 1.29 is 14.3 Å². The Hall–Kier alpha value is -2.34. The molecule has 1 aromatic heterocycles. The van der Waals surface area contributed by atoms with E-state index in [9.17, 15) is 9.59 Å². The van der Waals surface area contributed by atoms with E-state index in [-0.39, 0.29) is 12.5 Å². The van der Waals surface area contributed by atoms with Crippen LogP contribution in [-0.4, -0.2) is 18.5 Å². The molecule has 0 unspecified atom stereocenters. The van der Waals surface area contributed by atoms with E-state index >= 15 is 0 Å². The van der Waals surface area contributed by atoms with E-state index in [0.717, 1.165) is 10.4 Å². The van der Waals surface area contributed by atoms with Crippen molar-refractivity contribution in [3.63, 3.8) is 0 Å². The molecule has 0 aliphatic carbocycles. The van der Waals surface area contributed by atoms with Crippen LogP contribution in [0.5, 0.6) is 0 Å². The summed E-state index contributed by atoms with van der Waals surface area (Å²) in [7, 11) is 0. The van der Waals surface area contributed by atoms with Crippen LogP contribution in [0.3, 0.4) is 0 Å². The van der Waals surface area contributed by atoms with Gasteiger partial charge in [-0.2, -0.15) is 0 Å². The number of anilines is 2. The average molecular weight is 304 g/mol. The molecule has 3 N–H and O–H groups in total. The number of carbonyl (C=O) groups is 2. The molecular formula is C15H16N2O3S. The van der Waals surface area contributed by atoms with E-state index in [1.807, 2.05) is 26.0 Å². The molecule has 2 aromatic rings. The van der Waals surface area contributed by atoms with Crippen LogP contribution in [0.4, 0.5) is 11.4 Å². The Bertz CT molecular complexity index is 643. The molecule has 6 heteroatoms. The number of nitrogens with one attached hydrogen (secondary N) is 1. The summed E-state index contributed by atoms with van der Waals surface area (Å²) in [4.78, 5) is 24.7. The van der Waals surface area contributed by atoms with Gasteiger partial charge in [0, 0.05) is 16.3 Å². The van der Waals surface area contributed by atoms with Crippen molar-refractivity contribution in [3.8, 4) is 0 Å². The number of nitrogens with two attached hydrogens (primary N) is 1. The maximum absolute atomic E-state index is 11.8. The molecule has 0 bridgehead atoms. The van der Waals surface area contributed by atoms with Crippen molar-refractivity contribution in [1.29, 1.82) is 0 Å². The predicted molar refractivity (Wildman–Crippen MR) is 83.6 cm³/mol. The third kappa shape index (κ3) is 4.06. The van der Waals surface area contributed by atoms with Crippen LogP contribution < -0.4 is 11.1 Å². The van der Waals surface area contributed by atoms with Crippen LogP contribution in [0.15, 0.2) is 30.3 Å². The fraction of sp³-hybridized carbons (Fsp3) is 0.200. The van der Waals surface area contributed by atoms with Crippen LogP contribution >= 0.6 is 11.3 Å². The Morgan fingerprint density at radius 3 is 2.48 bits per heavy atom. The van der Waals surface area contributed by atoms with Crippen LogP contribution in [0, 0.1) is 13.8 Å². The van der Waals surface area contributed by atoms with Crippen LogP contribution in [0.1, 0.15) is 20.1 Å². The van der Waals surface area contributed by atoms with E-state index in [2.05, 4.69) is 5.32 Å². The number of aryl methyl sites for hydroxylation is 2. The zero-order valence-electron chi connectivity index (χ0n) is 11.8. The molecule has 2 rings (SSSR count). The average Bonchev–Trinajstić information content (AvgIpc) is 2.79. The molecule has 0 radical (unpaired) electrons. The highest BCUT2D eigenvalue weighted by Gasteiger charge is 2.14. The highest BCUT2D eigenvalue weighted by atomic mass is 32.1. The maximum atomic E-state index is 11.8. The molecule has 0 saturated heterocycles. The molecule has 0 aliphatic heterocycles. The van der Waals surface area contributed by atoms with Gasteiger partial charge >= 0.3 is 5.97 Å². The smallest absolute Gasteiger partial charge is 0.348 e. The Balaban J connectivity index is 1.86. The van der Waals surface area contributed by atoms with Gasteiger partial charge in [0.1, 0.15) is 4.88 Å². The Morgan fingerprint density at radius 1 is 1.24 bits per heavy atom. The Morgan fingerprint density at radius 2 is 1.90 bits per heavy atom. The van der Waals surface area contributed by atoms with E-state index in [0.29, 0.717) is 16.3 Å². The lowest BCUT2D eigenvalue weighted by molar-refractivity contribution is -0.119. The molecule has 1 heterocycles. The Labute approximate surface area is 126 Å². The molecule has 5 nitrogen and oxygen atoms in total. The number of hydrogen-bond donors (Lipinski definition) is 2. The summed E-state index contributed by atoms with van der Waals surface area (Å²) in [6.07, 6.45) is 0. The maximum Gasteiger partial charge on any atom is 0.348 e. The van der Waals surface area contributed by atoms with E-state index in [1.165, 1.54) is 11.3 Å². The number of ether oxygens (including phenoxy) is 1. The molecule has 21 heavy (non-hydrogen) atoms. The fourth-order valence-electron chi connectivity index (χ4n) is 1.63. The number of rotatable bonds is 4. The molecule has 1 amide bonds. The van der Waals surface area contributed by atoms with Gasteiger partial charge in [-0.25, -0.2) is 4.79 Å². The molecule has 0 spiro atoms. The van der Waals surface area contributed by atoms with Gasteiger partial charge in [0.15, 0.2) is 6.61 Å². The van der Waals surface area contributed by atoms with Gasteiger partial charge in [-0.1, -0.05) is 17.7 Å². The number of thiophene rings is 1. The topological polar surface area (TPSA) is 81.4 Å². The SMILES string of the molecule is Cc1ccc(NC(=O)COC(=O)c2cc(N)c(C)s2)cc1. The highest BCUT2D eigenvalue weighted by Crippen LogP contribution is 2.23. The van der Waals surface area contributed by atoms with Gasteiger partial charge in [0.2, 0.25) is 0 Å². The molecule has 0 saturated carbocycles. The minimum absolute atomic E-state index is 0.330. The second-order valence-corrected chi connectivity index (χ2v) is 5.87. The molecule has 0 aliphatic rings. The van der Waals surface area contributed by atoms with E-state index in [1.54, 1.807) is 18.2 Å². The van der Waals surface area contributed by atoms with Crippen LogP contribution in [0.25, 0.3) is 0 Å². The first kappa shape index (κ1) is 15.1. The summed E-state index contributed by atoms with van der Waals surface area (Å²) in [5.41, 5.74) is 7.99. The van der Waals surface area contributed by atoms with Crippen molar-refractivity contribution in [2.45, 2.75) is 13.8 Å². The van der Waals surface area contributed by atoms with Crippen LogP contribution in [-0.2, 0) is 9.53 Å². The summed E-state index contributed by atoms with van der Waals surface area (Å²) >= 11 is 1.25. The quantitative estimate of drug-likeness (QED) is 0.851. The third-order valence-corrected chi connectivity index (χ3v) is 3.87. The largest absolute Gasteiger partial charge is 0.451 e. The second-order valence-electron chi connectivity index (χ2n) is 4.61. The number of carbonyl (C=O) groups excluding carboxylic acids is 2. The molecule has 110 valence electrons. The first-order valence-electron chi connectivity index (χ1n) is 6.35. The van der Waals surface area contributed by atoms with Crippen LogP contribution in [0.2, 0.25) is 0 Å². The molecule has 0 fully saturated rings. The van der Waals surface area contributed by atoms with Crippen molar-refractivity contribution in [2.24, 2.45) is 0 Å². The zero-order chi connectivity index (χ0) is 15.4. The third-order valence-electron chi connectivity index (χ3n) is 2.83. The van der Waals surface area contributed by atoms with E-state index < -0.39 is 5.97 Å². The standard InChI is InChI=1S/C15H16N2O3S/c1-9-3-5-11(6-4-9)17-14(18)8-20-15(19)13-7-12(16)10(2)21-13/h3-7H,8,16H2,1-2H3,(H,17,18). The van der Waals surface area contributed by atoms with E-state index in [4.69, 9.17) is 10.5 Å². The van der Waals surface area contributed by atoms with Crippen molar-refractivity contribution >= 4 is 34.6 Å². The normalized spacial score (nSPS) is 10.2. The summed E-state index contributed by atoms with van der Waals surface area (Å²) in [6.45, 7) is 3.45. The van der Waals surface area contributed by atoms with Gasteiger partial charge in [0.05, 0.1) is 0 Å². The lowest BCUT2D eigenvalue weighted by Crippen LogP contribution is -2.20. The highest BCUT2D eigenvalue weighted by molar-refractivity contribution is 7.14. The number of benzene rings is 1. The summed E-state index contributed by atoms with van der Waals surface area (Å²) in [6, 6.07) is 8.91. The molecular weight excluding hydrogens is 288 g/mol. The minimum atomic E-state index is -0.543. The van der Waals surface area contributed by atoms with Crippen molar-refractivity contribution in [3.05, 3.63) is 45.6 Å². The number of nitrogen functional groups attached to an aromatic ring is 1. The van der Waals surface area contributed by atoms with Crippen molar-refractivity contribution in [2.75, 3.05) is 17.7 Å². The molecule has 1 aromatic carbocycles. The van der Waals surface area contributed by atoms with Gasteiger partial charge in [0.25, 0.3) is 5.91 Å². The summed E-state index contributed by atoms with van der Waals surface area (Å²) in [5.74, 6) is -0.924. The van der Waals surface area contributed by atoms with Gasteiger partial charge in [-0.3, -0.25) is 4.79 Å². The fourth-order valence-corrected chi connectivity index (χ4v) is 2.47. The summed E-state index contributed by atoms with van der Waals surface area (Å²) < 4.78 is 4.96. The summed E-state index contributed by atoms with van der Waals surface area (Å²) in [5, 5.41) is 2.66. The zero-order valence-corrected chi connectivity index (χ0v) is 12.6. The van der Waals surface area contributed by atoms with Gasteiger partial charge in [-0.15, -0.1) is 11.3 Å². The second kappa shape index (κ2) is 6.41. The number of hydrogen-bond acceptors (Lipinski definition) is 5. The van der Waals surface area contributed by atoms with Gasteiger partial charge < -0.3 is 15.8 Å². The number of amides is 1. The first-order valence-corrected chi connectivity index (χ1v) is 7.17. The first-order chi connectivity index (χ1) is 9.95. The van der Waals surface area contributed by atoms with Gasteiger partial charge in [-0.05, 0) is 32.0 Å².